The van der Waals surface area contributed by atoms with E-state index in [0.717, 1.165) is 51.4 Å². The van der Waals surface area contributed by atoms with Gasteiger partial charge in [-0.25, -0.2) is 0 Å². The quantitative estimate of drug-likeness (QED) is 0.312. The molecule has 0 N–H and O–H groups in total. The Hall–Kier alpha value is -1.32. The number of hydrogen-bond acceptors (Lipinski definition) is 4. The molecule has 0 aromatic rings. The van der Waals surface area contributed by atoms with Crippen LogP contribution in [0.25, 0.3) is 0 Å². The molecule has 1 unspecified atom stereocenters. The van der Waals surface area contributed by atoms with Crippen molar-refractivity contribution < 1.29 is 19.1 Å². The van der Waals surface area contributed by atoms with E-state index in [-0.39, 0.29) is 30.1 Å². The summed E-state index contributed by atoms with van der Waals surface area (Å²) in [6, 6.07) is 0. The van der Waals surface area contributed by atoms with Crippen LogP contribution in [-0.2, 0) is 19.1 Å². The fourth-order valence-corrected chi connectivity index (χ4v) is 4.36. The Bertz CT molecular complexity index is 448. The molecule has 25 heavy (non-hydrogen) atoms. The predicted octanol–water partition coefficient (Wildman–Crippen LogP) is 4.71. The van der Waals surface area contributed by atoms with Gasteiger partial charge in [0.1, 0.15) is 12.2 Å². The van der Waals surface area contributed by atoms with Crippen molar-refractivity contribution >= 4 is 11.9 Å². The van der Waals surface area contributed by atoms with Crippen molar-refractivity contribution in [3.05, 3.63) is 12.7 Å². The van der Waals surface area contributed by atoms with Crippen LogP contribution in [0.1, 0.15) is 83.5 Å². The van der Waals surface area contributed by atoms with E-state index in [1.807, 2.05) is 0 Å². The van der Waals surface area contributed by atoms with Crippen molar-refractivity contribution in [2.24, 2.45) is 11.3 Å². The number of hydrogen-bond donors (Lipinski definition) is 0. The molecule has 0 aromatic carbocycles. The van der Waals surface area contributed by atoms with Gasteiger partial charge in [-0.05, 0) is 57.8 Å². The highest BCUT2D eigenvalue weighted by atomic mass is 16.6. The maximum atomic E-state index is 12.9. The van der Waals surface area contributed by atoms with Crippen molar-refractivity contribution in [2.75, 3.05) is 0 Å². The summed E-state index contributed by atoms with van der Waals surface area (Å²) in [5.74, 6) is -0.880. The van der Waals surface area contributed by atoms with E-state index in [0.29, 0.717) is 6.42 Å². The number of ether oxygens (including phenoxy) is 2. The van der Waals surface area contributed by atoms with Crippen LogP contribution < -0.4 is 0 Å². The first-order valence-electron chi connectivity index (χ1n) is 10.2. The molecule has 0 aromatic heterocycles. The molecule has 3 rings (SSSR count). The van der Waals surface area contributed by atoms with E-state index in [1.54, 1.807) is 6.08 Å². The average molecular weight is 348 g/mol. The predicted molar refractivity (Wildman–Crippen MR) is 95.9 cm³/mol. The highest BCUT2D eigenvalue weighted by Crippen LogP contribution is 2.55. The monoisotopic (exact) mass is 348 g/mol. The molecule has 0 bridgehead atoms. The lowest BCUT2D eigenvalue weighted by atomic mass is 10.0. The zero-order valence-corrected chi connectivity index (χ0v) is 15.3. The molecule has 3 fully saturated rings. The minimum atomic E-state index is -1.11. The van der Waals surface area contributed by atoms with Crippen LogP contribution in [0.4, 0.5) is 0 Å². The molecule has 3 saturated carbocycles. The lowest BCUT2D eigenvalue weighted by Gasteiger charge is -2.23. The van der Waals surface area contributed by atoms with Crippen LogP contribution in [0.15, 0.2) is 12.7 Å². The maximum absolute atomic E-state index is 12.9. The summed E-state index contributed by atoms with van der Waals surface area (Å²) in [7, 11) is 0. The first kappa shape index (κ1) is 18.5. The second-order valence-electron chi connectivity index (χ2n) is 8.06. The van der Waals surface area contributed by atoms with E-state index in [9.17, 15) is 9.59 Å². The van der Waals surface area contributed by atoms with Gasteiger partial charge in [-0.1, -0.05) is 31.8 Å². The summed E-state index contributed by atoms with van der Waals surface area (Å²) < 4.78 is 11.6. The fourth-order valence-electron chi connectivity index (χ4n) is 4.36. The van der Waals surface area contributed by atoms with Gasteiger partial charge in [0.2, 0.25) is 0 Å². The van der Waals surface area contributed by atoms with E-state index in [2.05, 4.69) is 6.58 Å². The number of carbonyl (C=O) groups is 2. The van der Waals surface area contributed by atoms with Crippen LogP contribution in [0.2, 0.25) is 0 Å². The van der Waals surface area contributed by atoms with Crippen LogP contribution in [0.5, 0.6) is 0 Å². The Balaban J connectivity index is 1.62. The second-order valence-corrected chi connectivity index (χ2v) is 8.06. The minimum absolute atomic E-state index is 0.0383. The first-order valence-corrected chi connectivity index (χ1v) is 10.2. The normalized spacial score (nSPS) is 27.6. The summed E-state index contributed by atoms with van der Waals surface area (Å²) in [5.41, 5.74) is -1.11. The molecule has 0 spiro atoms. The second kappa shape index (κ2) is 8.37. The maximum Gasteiger partial charge on any atom is 0.324 e. The van der Waals surface area contributed by atoms with Crippen molar-refractivity contribution in [1.82, 2.24) is 0 Å². The lowest BCUT2D eigenvalue weighted by molar-refractivity contribution is -0.172. The largest absolute Gasteiger partial charge is 0.462 e. The van der Waals surface area contributed by atoms with E-state index in [1.165, 1.54) is 25.7 Å². The lowest BCUT2D eigenvalue weighted by Crippen LogP contribution is -2.36. The van der Waals surface area contributed by atoms with Gasteiger partial charge in [0.25, 0.3) is 0 Å². The Labute approximate surface area is 151 Å². The smallest absolute Gasteiger partial charge is 0.324 e. The van der Waals surface area contributed by atoms with Crippen LogP contribution in [0, 0.1) is 11.3 Å². The fraction of sp³-hybridized carbons (Fsp3) is 0.810. The number of esters is 2. The summed E-state index contributed by atoms with van der Waals surface area (Å²) in [6.07, 6.45) is 15.0. The van der Waals surface area contributed by atoms with E-state index < -0.39 is 5.41 Å². The van der Waals surface area contributed by atoms with Gasteiger partial charge in [-0.3, -0.25) is 9.59 Å². The molecule has 4 nitrogen and oxygen atoms in total. The summed E-state index contributed by atoms with van der Waals surface area (Å²) in [6.45, 7) is 3.79. The molecule has 0 aliphatic heterocycles. The van der Waals surface area contributed by atoms with Crippen molar-refractivity contribution in [3.8, 4) is 0 Å². The van der Waals surface area contributed by atoms with Crippen LogP contribution in [0.3, 0.4) is 0 Å². The molecular weight excluding hydrogens is 316 g/mol. The van der Waals surface area contributed by atoms with Gasteiger partial charge in [0.15, 0.2) is 5.41 Å². The zero-order valence-electron chi connectivity index (χ0n) is 15.3. The average Bonchev–Trinajstić information content (AvgIpc) is 3.40. The number of rotatable bonds is 5. The third-order valence-corrected chi connectivity index (χ3v) is 6.18. The molecular formula is C21H32O4. The van der Waals surface area contributed by atoms with Crippen molar-refractivity contribution in [2.45, 2.75) is 95.7 Å². The van der Waals surface area contributed by atoms with Gasteiger partial charge in [0.05, 0.1) is 0 Å². The summed E-state index contributed by atoms with van der Waals surface area (Å²) in [5, 5.41) is 0. The standard InChI is InChI=1S/C21H32O4/c1-2-16-15-21(16,19(22)24-17-11-7-3-4-8-12-17)20(23)25-18-13-9-5-6-10-14-18/h2,16-18H,1,3-15H2. The van der Waals surface area contributed by atoms with Gasteiger partial charge >= 0.3 is 11.9 Å². The third kappa shape index (κ3) is 4.27. The molecule has 0 heterocycles. The first-order chi connectivity index (χ1) is 12.2. The van der Waals surface area contributed by atoms with Gasteiger partial charge in [-0.15, -0.1) is 6.58 Å². The number of carbonyl (C=O) groups excluding carboxylic acids is 2. The molecule has 4 heteroatoms. The summed E-state index contributed by atoms with van der Waals surface area (Å²) >= 11 is 0. The molecule has 0 amide bonds. The van der Waals surface area contributed by atoms with Crippen LogP contribution >= 0.6 is 0 Å². The molecule has 0 saturated heterocycles. The molecule has 1 atom stereocenters. The van der Waals surface area contributed by atoms with Gasteiger partial charge in [-0.2, -0.15) is 0 Å². The van der Waals surface area contributed by atoms with Crippen LogP contribution in [-0.4, -0.2) is 24.1 Å². The highest BCUT2D eigenvalue weighted by molar-refractivity contribution is 6.04. The zero-order chi connectivity index (χ0) is 17.7. The van der Waals surface area contributed by atoms with Crippen molar-refractivity contribution in [1.29, 1.82) is 0 Å². The molecule has 140 valence electrons. The summed E-state index contributed by atoms with van der Waals surface area (Å²) in [4.78, 5) is 25.7. The Morgan fingerprint density at radius 3 is 1.48 bits per heavy atom. The highest BCUT2D eigenvalue weighted by Gasteiger charge is 2.67. The van der Waals surface area contributed by atoms with E-state index in [4.69, 9.17) is 9.47 Å². The Kier molecular flexibility index (Phi) is 6.19. The van der Waals surface area contributed by atoms with E-state index >= 15 is 0 Å². The minimum Gasteiger partial charge on any atom is -0.462 e. The van der Waals surface area contributed by atoms with Gasteiger partial charge < -0.3 is 9.47 Å². The SMILES string of the molecule is C=CC1CC1(C(=O)OC1CCCCCC1)C(=O)OC1CCCCCC1. The van der Waals surface area contributed by atoms with Crippen molar-refractivity contribution in [3.63, 3.8) is 0 Å². The third-order valence-electron chi connectivity index (χ3n) is 6.18. The Morgan fingerprint density at radius 2 is 1.16 bits per heavy atom. The van der Waals surface area contributed by atoms with Gasteiger partial charge in [0, 0.05) is 5.92 Å². The molecule has 3 aliphatic rings. The number of allylic oxidation sites excluding steroid dienone is 1. The topological polar surface area (TPSA) is 52.6 Å². The molecule has 0 radical (unpaired) electrons. The molecule has 3 aliphatic carbocycles. The Morgan fingerprint density at radius 1 is 0.760 bits per heavy atom.